The SMILES string of the molecule is CCOC(=O)CCNC(C)c1ccc(O)cc1O. The fourth-order valence-corrected chi connectivity index (χ4v) is 1.63. The number of rotatable bonds is 6. The van der Waals surface area contributed by atoms with E-state index in [1.165, 1.54) is 12.1 Å². The van der Waals surface area contributed by atoms with E-state index >= 15 is 0 Å². The molecule has 0 spiro atoms. The van der Waals surface area contributed by atoms with E-state index in [1.807, 2.05) is 6.92 Å². The molecule has 1 aromatic carbocycles. The summed E-state index contributed by atoms with van der Waals surface area (Å²) in [5.41, 5.74) is 0.677. The first-order valence-corrected chi connectivity index (χ1v) is 5.95. The highest BCUT2D eigenvalue weighted by atomic mass is 16.5. The first kappa shape index (κ1) is 14.3. The highest BCUT2D eigenvalue weighted by Gasteiger charge is 2.11. The minimum Gasteiger partial charge on any atom is -0.508 e. The standard InChI is InChI=1S/C13H19NO4/c1-3-18-13(17)6-7-14-9(2)11-5-4-10(15)8-12(11)16/h4-5,8-9,14-16H,3,6-7H2,1-2H3. The maximum atomic E-state index is 11.1. The maximum Gasteiger partial charge on any atom is 0.307 e. The van der Waals surface area contributed by atoms with Gasteiger partial charge >= 0.3 is 5.97 Å². The first-order valence-electron chi connectivity index (χ1n) is 5.95. The molecule has 0 heterocycles. The molecule has 0 aliphatic rings. The molecule has 0 saturated carbocycles. The number of phenols is 2. The number of benzene rings is 1. The van der Waals surface area contributed by atoms with Gasteiger partial charge in [0.05, 0.1) is 13.0 Å². The summed E-state index contributed by atoms with van der Waals surface area (Å²) in [6.45, 7) is 4.49. The van der Waals surface area contributed by atoms with E-state index in [1.54, 1.807) is 13.0 Å². The van der Waals surface area contributed by atoms with Crippen molar-refractivity contribution in [3.8, 4) is 11.5 Å². The van der Waals surface area contributed by atoms with Crippen LogP contribution in [0.4, 0.5) is 0 Å². The second-order valence-corrected chi connectivity index (χ2v) is 3.97. The van der Waals surface area contributed by atoms with Gasteiger partial charge in [0, 0.05) is 24.2 Å². The second-order valence-electron chi connectivity index (χ2n) is 3.97. The van der Waals surface area contributed by atoms with Gasteiger partial charge in [0.15, 0.2) is 0 Å². The Morgan fingerprint density at radius 3 is 2.78 bits per heavy atom. The normalized spacial score (nSPS) is 12.1. The molecular weight excluding hydrogens is 234 g/mol. The Balaban J connectivity index is 2.45. The molecule has 5 nitrogen and oxygen atoms in total. The average molecular weight is 253 g/mol. The van der Waals surface area contributed by atoms with Crippen LogP contribution in [0.1, 0.15) is 31.9 Å². The Kier molecular flexibility index (Phi) is 5.45. The molecule has 0 aliphatic carbocycles. The number of ether oxygens (including phenoxy) is 1. The molecule has 0 aliphatic heterocycles. The van der Waals surface area contributed by atoms with Gasteiger partial charge in [-0.15, -0.1) is 0 Å². The summed E-state index contributed by atoms with van der Waals surface area (Å²) in [4.78, 5) is 11.1. The number of carbonyl (C=O) groups excluding carboxylic acids is 1. The molecule has 18 heavy (non-hydrogen) atoms. The third kappa shape index (κ3) is 4.25. The van der Waals surface area contributed by atoms with Gasteiger partial charge in [-0.1, -0.05) is 6.07 Å². The predicted molar refractivity (Wildman–Crippen MR) is 67.4 cm³/mol. The van der Waals surface area contributed by atoms with Crippen LogP contribution in [0.2, 0.25) is 0 Å². The van der Waals surface area contributed by atoms with Crippen LogP contribution in [0.5, 0.6) is 11.5 Å². The summed E-state index contributed by atoms with van der Waals surface area (Å²) in [6, 6.07) is 4.34. The molecule has 1 atom stereocenters. The van der Waals surface area contributed by atoms with E-state index in [0.29, 0.717) is 18.7 Å². The lowest BCUT2D eigenvalue weighted by atomic mass is 10.1. The highest BCUT2D eigenvalue weighted by molar-refractivity contribution is 5.69. The summed E-state index contributed by atoms with van der Waals surface area (Å²) >= 11 is 0. The summed E-state index contributed by atoms with van der Waals surface area (Å²) in [6.07, 6.45) is 0.289. The third-order valence-corrected chi connectivity index (χ3v) is 2.57. The van der Waals surface area contributed by atoms with Crippen LogP contribution in [0, 0.1) is 0 Å². The van der Waals surface area contributed by atoms with Crippen LogP contribution in [0.3, 0.4) is 0 Å². The zero-order valence-corrected chi connectivity index (χ0v) is 10.6. The quantitative estimate of drug-likeness (QED) is 0.672. The molecule has 5 heteroatoms. The number of hydrogen-bond donors (Lipinski definition) is 3. The molecule has 1 rings (SSSR count). The zero-order valence-electron chi connectivity index (χ0n) is 10.6. The van der Waals surface area contributed by atoms with Gasteiger partial charge in [0.1, 0.15) is 11.5 Å². The fourth-order valence-electron chi connectivity index (χ4n) is 1.63. The lowest BCUT2D eigenvalue weighted by Crippen LogP contribution is -2.22. The summed E-state index contributed by atoms with van der Waals surface area (Å²) in [5, 5.41) is 22.0. The van der Waals surface area contributed by atoms with Gasteiger partial charge in [-0.2, -0.15) is 0 Å². The highest BCUT2D eigenvalue weighted by Crippen LogP contribution is 2.27. The van der Waals surface area contributed by atoms with Gasteiger partial charge in [-0.25, -0.2) is 0 Å². The van der Waals surface area contributed by atoms with Gasteiger partial charge in [0.25, 0.3) is 0 Å². The van der Waals surface area contributed by atoms with E-state index in [-0.39, 0.29) is 29.9 Å². The number of carbonyl (C=O) groups is 1. The molecule has 0 radical (unpaired) electrons. The van der Waals surface area contributed by atoms with Crippen LogP contribution in [0.15, 0.2) is 18.2 Å². The van der Waals surface area contributed by atoms with Gasteiger partial charge < -0.3 is 20.3 Å². The number of aromatic hydroxyl groups is 2. The monoisotopic (exact) mass is 253 g/mol. The third-order valence-electron chi connectivity index (χ3n) is 2.57. The van der Waals surface area contributed by atoms with Crippen molar-refractivity contribution >= 4 is 5.97 Å². The molecule has 0 fully saturated rings. The smallest absolute Gasteiger partial charge is 0.307 e. The molecule has 100 valence electrons. The van der Waals surface area contributed by atoms with Crippen LogP contribution in [0.25, 0.3) is 0 Å². The number of esters is 1. The largest absolute Gasteiger partial charge is 0.508 e. The van der Waals surface area contributed by atoms with E-state index in [9.17, 15) is 15.0 Å². The second kappa shape index (κ2) is 6.86. The van der Waals surface area contributed by atoms with Crippen molar-refractivity contribution in [3.63, 3.8) is 0 Å². The lowest BCUT2D eigenvalue weighted by molar-refractivity contribution is -0.143. The van der Waals surface area contributed by atoms with Crippen LogP contribution < -0.4 is 5.32 Å². The van der Waals surface area contributed by atoms with Crippen molar-refractivity contribution in [1.29, 1.82) is 0 Å². The molecule has 0 saturated heterocycles. The van der Waals surface area contributed by atoms with Crippen LogP contribution >= 0.6 is 0 Å². The average Bonchev–Trinajstić information content (AvgIpc) is 2.29. The minimum absolute atomic E-state index is 0.0231. The van der Waals surface area contributed by atoms with E-state index in [0.717, 1.165) is 0 Å². The fraction of sp³-hybridized carbons (Fsp3) is 0.462. The van der Waals surface area contributed by atoms with Crippen molar-refractivity contribution in [2.75, 3.05) is 13.2 Å². The Hall–Kier alpha value is -1.75. The lowest BCUT2D eigenvalue weighted by Gasteiger charge is -2.15. The number of phenolic OH excluding ortho intramolecular Hbond substituents is 2. The molecule has 0 amide bonds. The van der Waals surface area contributed by atoms with Gasteiger partial charge in [0.2, 0.25) is 0 Å². The van der Waals surface area contributed by atoms with Crippen molar-refractivity contribution in [3.05, 3.63) is 23.8 Å². The molecular formula is C13H19NO4. The topological polar surface area (TPSA) is 78.8 Å². The molecule has 1 aromatic rings. The summed E-state index contributed by atoms with van der Waals surface area (Å²) in [5.74, 6) is -0.187. The van der Waals surface area contributed by atoms with Gasteiger partial charge in [-0.3, -0.25) is 4.79 Å². The predicted octanol–water partition coefficient (Wildman–Crippen LogP) is 1.70. The van der Waals surface area contributed by atoms with E-state index < -0.39 is 0 Å². The van der Waals surface area contributed by atoms with E-state index in [4.69, 9.17) is 4.74 Å². The number of nitrogens with one attached hydrogen (secondary N) is 1. The Morgan fingerprint density at radius 2 is 2.17 bits per heavy atom. The van der Waals surface area contributed by atoms with Crippen molar-refractivity contribution in [2.24, 2.45) is 0 Å². The first-order chi connectivity index (χ1) is 8.54. The molecule has 0 bridgehead atoms. The molecule has 1 unspecified atom stereocenters. The van der Waals surface area contributed by atoms with Crippen molar-refractivity contribution < 1.29 is 19.7 Å². The van der Waals surface area contributed by atoms with Crippen LogP contribution in [-0.2, 0) is 9.53 Å². The molecule has 3 N–H and O–H groups in total. The summed E-state index contributed by atoms with van der Waals surface area (Å²) < 4.78 is 4.81. The Bertz CT molecular complexity index is 406. The zero-order chi connectivity index (χ0) is 13.5. The minimum atomic E-state index is -0.243. The molecule has 0 aromatic heterocycles. The number of hydrogen-bond acceptors (Lipinski definition) is 5. The summed E-state index contributed by atoms with van der Waals surface area (Å²) in [7, 11) is 0. The van der Waals surface area contributed by atoms with E-state index in [2.05, 4.69) is 5.32 Å². The van der Waals surface area contributed by atoms with Crippen molar-refractivity contribution in [1.82, 2.24) is 5.32 Å². The van der Waals surface area contributed by atoms with Crippen LogP contribution in [-0.4, -0.2) is 29.3 Å². The maximum absolute atomic E-state index is 11.1. The van der Waals surface area contributed by atoms with Gasteiger partial charge in [-0.05, 0) is 19.9 Å². The Morgan fingerprint density at radius 1 is 1.44 bits per heavy atom. The van der Waals surface area contributed by atoms with Crippen molar-refractivity contribution in [2.45, 2.75) is 26.3 Å². The Labute approximate surface area is 106 Å².